The molecule has 0 fully saturated rings. The molecule has 0 amide bonds. The summed E-state index contributed by atoms with van der Waals surface area (Å²) < 4.78 is 6.37. The van der Waals surface area contributed by atoms with Gasteiger partial charge >= 0.3 is 0 Å². The SMILES string of the molecule is CCC1c2cccc3c(OC(C)(C)CC)ccc(c23)C1C(C)C. The highest BCUT2D eigenvalue weighted by molar-refractivity contribution is 5.96. The molecule has 2 aromatic carbocycles. The summed E-state index contributed by atoms with van der Waals surface area (Å²) in [5.41, 5.74) is 2.93. The summed E-state index contributed by atoms with van der Waals surface area (Å²) in [5.74, 6) is 2.97. The lowest BCUT2D eigenvalue weighted by Crippen LogP contribution is -2.26. The van der Waals surface area contributed by atoms with Gasteiger partial charge in [0, 0.05) is 5.39 Å². The number of hydrogen-bond acceptors (Lipinski definition) is 1. The zero-order chi connectivity index (χ0) is 16.8. The summed E-state index contributed by atoms with van der Waals surface area (Å²) in [7, 11) is 0. The largest absolute Gasteiger partial charge is 0.487 e. The van der Waals surface area contributed by atoms with Crippen LogP contribution in [0.25, 0.3) is 10.8 Å². The van der Waals surface area contributed by atoms with Crippen molar-refractivity contribution in [3.8, 4) is 5.75 Å². The van der Waals surface area contributed by atoms with Gasteiger partial charge in [0.05, 0.1) is 0 Å². The van der Waals surface area contributed by atoms with E-state index in [-0.39, 0.29) is 5.60 Å². The Morgan fingerprint density at radius 1 is 1.04 bits per heavy atom. The van der Waals surface area contributed by atoms with E-state index in [9.17, 15) is 0 Å². The molecule has 23 heavy (non-hydrogen) atoms. The van der Waals surface area contributed by atoms with E-state index < -0.39 is 0 Å². The fourth-order valence-corrected chi connectivity index (χ4v) is 4.19. The Balaban J connectivity index is 2.19. The number of benzene rings is 2. The molecule has 0 saturated carbocycles. The molecule has 2 atom stereocenters. The minimum Gasteiger partial charge on any atom is -0.487 e. The predicted octanol–water partition coefficient (Wildman–Crippen LogP) is 6.65. The van der Waals surface area contributed by atoms with Gasteiger partial charge < -0.3 is 4.74 Å². The van der Waals surface area contributed by atoms with Crippen LogP contribution in [0.5, 0.6) is 5.75 Å². The lowest BCUT2D eigenvalue weighted by Gasteiger charge is -2.26. The Morgan fingerprint density at radius 2 is 1.78 bits per heavy atom. The lowest BCUT2D eigenvalue weighted by atomic mass is 9.80. The van der Waals surface area contributed by atoms with Gasteiger partial charge in [-0.15, -0.1) is 0 Å². The van der Waals surface area contributed by atoms with Crippen LogP contribution in [0.2, 0.25) is 0 Å². The fourth-order valence-electron chi connectivity index (χ4n) is 4.19. The van der Waals surface area contributed by atoms with Crippen molar-refractivity contribution in [1.29, 1.82) is 0 Å². The van der Waals surface area contributed by atoms with Crippen LogP contribution in [0.4, 0.5) is 0 Å². The molecule has 0 aromatic heterocycles. The molecule has 0 heterocycles. The van der Waals surface area contributed by atoms with Gasteiger partial charge in [0.1, 0.15) is 11.4 Å². The monoisotopic (exact) mass is 310 g/mol. The van der Waals surface area contributed by atoms with Crippen molar-refractivity contribution in [3.63, 3.8) is 0 Å². The predicted molar refractivity (Wildman–Crippen MR) is 99.6 cm³/mol. The van der Waals surface area contributed by atoms with Crippen molar-refractivity contribution in [2.24, 2.45) is 5.92 Å². The summed E-state index contributed by atoms with van der Waals surface area (Å²) in [4.78, 5) is 0. The molecule has 124 valence electrons. The second-order valence-electron chi connectivity index (χ2n) is 7.92. The van der Waals surface area contributed by atoms with E-state index in [4.69, 9.17) is 4.74 Å². The van der Waals surface area contributed by atoms with Gasteiger partial charge in [-0.3, -0.25) is 0 Å². The maximum Gasteiger partial charge on any atom is 0.127 e. The summed E-state index contributed by atoms with van der Waals surface area (Å²) in [6, 6.07) is 11.3. The standard InChI is InChI=1S/C22H30O/c1-7-15-16-10-9-11-17-19(23-22(5,6)8-2)13-12-18(21(16)17)20(15)14(3)4/h9-15,20H,7-8H2,1-6H3. The van der Waals surface area contributed by atoms with Crippen LogP contribution in [0.15, 0.2) is 30.3 Å². The van der Waals surface area contributed by atoms with Crippen LogP contribution in [-0.4, -0.2) is 5.60 Å². The average Bonchev–Trinajstić information content (AvgIpc) is 2.85. The first-order valence-corrected chi connectivity index (χ1v) is 9.14. The molecule has 1 aliphatic rings. The van der Waals surface area contributed by atoms with E-state index in [0.29, 0.717) is 17.8 Å². The number of ether oxygens (including phenoxy) is 1. The molecule has 2 aromatic rings. The third kappa shape index (κ3) is 2.65. The van der Waals surface area contributed by atoms with E-state index in [1.807, 2.05) is 0 Å². The highest BCUT2D eigenvalue weighted by atomic mass is 16.5. The molecule has 1 aliphatic carbocycles. The van der Waals surface area contributed by atoms with Crippen molar-refractivity contribution in [2.75, 3.05) is 0 Å². The zero-order valence-corrected chi connectivity index (χ0v) is 15.4. The van der Waals surface area contributed by atoms with Gasteiger partial charge in [-0.25, -0.2) is 0 Å². The molecular formula is C22H30O. The molecular weight excluding hydrogens is 280 g/mol. The second-order valence-corrected chi connectivity index (χ2v) is 7.92. The molecule has 1 nitrogen and oxygen atoms in total. The normalized spacial score (nSPS) is 20.5. The molecule has 0 spiro atoms. The van der Waals surface area contributed by atoms with E-state index in [2.05, 4.69) is 71.9 Å². The van der Waals surface area contributed by atoms with Gasteiger partial charge in [-0.2, -0.15) is 0 Å². The smallest absolute Gasteiger partial charge is 0.127 e. The Labute approximate surface area is 141 Å². The lowest BCUT2D eigenvalue weighted by molar-refractivity contribution is 0.107. The average molecular weight is 310 g/mol. The maximum absolute atomic E-state index is 6.37. The van der Waals surface area contributed by atoms with Gasteiger partial charge in [0.15, 0.2) is 0 Å². The van der Waals surface area contributed by atoms with E-state index in [1.54, 1.807) is 0 Å². The van der Waals surface area contributed by atoms with E-state index in [1.165, 1.54) is 28.3 Å². The maximum atomic E-state index is 6.37. The highest BCUT2D eigenvalue weighted by Crippen LogP contribution is 2.53. The van der Waals surface area contributed by atoms with Gasteiger partial charge in [0.25, 0.3) is 0 Å². The van der Waals surface area contributed by atoms with Crippen LogP contribution >= 0.6 is 0 Å². The molecule has 0 radical (unpaired) electrons. The minimum atomic E-state index is -0.125. The Hall–Kier alpha value is -1.50. The van der Waals surface area contributed by atoms with Gasteiger partial charge in [-0.05, 0) is 67.0 Å². The first kappa shape index (κ1) is 16.4. The van der Waals surface area contributed by atoms with Crippen molar-refractivity contribution in [3.05, 3.63) is 41.5 Å². The van der Waals surface area contributed by atoms with Crippen molar-refractivity contribution >= 4 is 10.8 Å². The van der Waals surface area contributed by atoms with Crippen LogP contribution in [0, 0.1) is 5.92 Å². The molecule has 0 saturated heterocycles. The topological polar surface area (TPSA) is 9.23 Å². The molecule has 2 unspecified atom stereocenters. The Morgan fingerprint density at radius 3 is 2.39 bits per heavy atom. The summed E-state index contributed by atoms with van der Waals surface area (Å²) in [6.45, 7) is 13.6. The van der Waals surface area contributed by atoms with Crippen LogP contribution < -0.4 is 4.74 Å². The molecule has 0 N–H and O–H groups in total. The minimum absolute atomic E-state index is 0.125. The first-order chi connectivity index (χ1) is 10.9. The third-order valence-corrected chi connectivity index (χ3v) is 5.65. The quantitative estimate of drug-likeness (QED) is 0.600. The van der Waals surface area contributed by atoms with Crippen LogP contribution in [0.1, 0.15) is 77.3 Å². The van der Waals surface area contributed by atoms with E-state index >= 15 is 0 Å². The van der Waals surface area contributed by atoms with Crippen molar-refractivity contribution in [2.45, 2.75) is 71.8 Å². The summed E-state index contributed by atoms with van der Waals surface area (Å²) in [6.07, 6.45) is 2.20. The molecule has 3 rings (SSSR count). The van der Waals surface area contributed by atoms with Gasteiger partial charge in [0.2, 0.25) is 0 Å². The highest BCUT2D eigenvalue weighted by Gasteiger charge is 2.35. The van der Waals surface area contributed by atoms with Gasteiger partial charge in [-0.1, -0.05) is 52.0 Å². The fraction of sp³-hybridized carbons (Fsp3) is 0.545. The molecule has 0 aliphatic heterocycles. The van der Waals surface area contributed by atoms with Crippen molar-refractivity contribution < 1.29 is 4.74 Å². The first-order valence-electron chi connectivity index (χ1n) is 9.14. The second kappa shape index (κ2) is 5.85. The Kier molecular flexibility index (Phi) is 4.16. The van der Waals surface area contributed by atoms with Crippen molar-refractivity contribution in [1.82, 2.24) is 0 Å². The molecule has 0 bridgehead atoms. The third-order valence-electron chi connectivity index (χ3n) is 5.65. The summed E-state index contributed by atoms with van der Waals surface area (Å²) in [5, 5.41) is 2.76. The zero-order valence-electron chi connectivity index (χ0n) is 15.4. The number of hydrogen-bond donors (Lipinski definition) is 0. The number of rotatable bonds is 5. The molecule has 1 heteroatoms. The summed E-state index contributed by atoms with van der Waals surface area (Å²) >= 11 is 0. The van der Waals surface area contributed by atoms with Crippen LogP contribution in [-0.2, 0) is 0 Å². The Bertz CT molecular complexity index is 711. The van der Waals surface area contributed by atoms with Crippen LogP contribution in [0.3, 0.4) is 0 Å². The van der Waals surface area contributed by atoms with E-state index in [0.717, 1.165) is 12.2 Å².